The van der Waals surface area contributed by atoms with Crippen LogP contribution in [0, 0.1) is 0 Å². The van der Waals surface area contributed by atoms with Gasteiger partial charge < -0.3 is 5.73 Å². The van der Waals surface area contributed by atoms with Gasteiger partial charge in [0.15, 0.2) is 0 Å². The van der Waals surface area contributed by atoms with Gasteiger partial charge in [-0.05, 0) is 0 Å². The Labute approximate surface area is 58.9 Å². The zero-order valence-electron chi connectivity index (χ0n) is 2.79. The molecule has 0 bridgehead atoms. The van der Waals surface area contributed by atoms with Crippen molar-refractivity contribution < 1.29 is 24.0 Å². The molecule has 6 heavy (non-hydrogen) atoms. The van der Waals surface area contributed by atoms with Crippen molar-refractivity contribution in [3.05, 3.63) is 0 Å². The summed E-state index contributed by atoms with van der Waals surface area (Å²) in [5.74, 6) is 0. The Morgan fingerprint density at radius 3 is 1.83 bits per heavy atom. The van der Waals surface area contributed by atoms with Crippen LogP contribution in [-0.4, -0.2) is 8.08 Å². The minimum atomic E-state index is 0.194. The average Bonchev–Trinajstić information content (AvgIpc) is 1.41. The fourth-order valence-electron chi connectivity index (χ4n) is 0. The Balaban J connectivity index is 0. The molecule has 0 unspecified atom stereocenters. The third kappa shape index (κ3) is 93.7. The summed E-state index contributed by atoms with van der Waals surface area (Å²) in [5, 5.41) is 0. The molecule has 3 N–H and O–H groups in total. The molecule has 5 heteroatoms. The molecule has 0 aromatic heterocycles. The first-order valence-electron chi connectivity index (χ1n) is 0.899. The molecule has 0 aliphatic heterocycles. The molecular weight excluding hydrogens is 202 g/mol. The SMILES string of the molecule is NC(=S)S.[OH][Mo]. The van der Waals surface area contributed by atoms with Gasteiger partial charge in [-0.3, -0.25) is 0 Å². The predicted octanol–water partition coefficient (Wildman–Crippen LogP) is -0.400. The third-order valence-corrected chi connectivity index (χ3v) is 0. The van der Waals surface area contributed by atoms with Gasteiger partial charge in [-0.1, -0.05) is 12.2 Å². The quantitative estimate of drug-likeness (QED) is 0.287. The van der Waals surface area contributed by atoms with E-state index in [-0.39, 0.29) is 4.32 Å². The van der Waals surface area contributed by atoms with E-state index in [9.17, 15) is 0 Å². The van der Waals surface area contributed by atoms with Crippen molar-refractivity contribution in [2.24, 2.45) is 5.73 Å². The molecule has 0 saturated heterocycles. The Hall–Kier alpha value is 0.888. The molecule has 0 aliphatic carbocycles. The van der Waals surface area contributed by atoms with E-state index in [0.717, 1.165) is 20.2 Å². The standard InChI is InChI=1S/CH3NS2.Mo.H2O/c2-1(3)4;;/h(H3,2,3,4);;1H2/q;+1;/p-1. The maximum absolute atomic E-state index is 7.01. The monoisotopic (exact) mass is 208 g/mol. The summed E-state index contributed by atoms with van der Waals surface area (Å²) in [4.78, 5) is 0. The van der Waals surface area contributed by atoms with Gasteiger partial charge in [0, 0.05) is 0 Å². The van der Waals surface area contributed by atoms with Crippen molar-refractivity contribution in [1.29, 1.82) is 0 Å². The van der Waals surface area contributed by atoms with Crippen molar-refractivity contribution in [2.75, 3.05) is 0 Å². The van der Waals surface area contributed by atoms with Gasteiger partial charge in [0.2, 0.25) is 0 Å². The maximum atomic E-state index is 7.01. The molecule has 0 amide bonds. The first-order valence-corrected chi connectivity index (χ1v) is 2.65. The summed E-state index contributed by atoms with van der Waals surface area (Å²) in [6.45, 7) is 0. The summed E-state index contributed by atoms with van der Waals surface area (Å²) in [7, 11) is 0. The van der Waals surface area contributed by atoms with E-state index in [1.54, 1.807) is 0 Å². The van der Waals surface area contributed by atoms with Crippen LogP contribution in [-0.2, 0) is 20.2 Å². The van der Waals surface area contributed by atoms with Crippen molar-refractivity contribution in [3.63, 3.8) is 0 Å². The van der Waals surface area contributed by atoms with Gasteiger partial charge in [0.05, 0.1) is 0 Å². The summed E-state index contributed by atoms with van der Waals surface area (Å²) >= 11 is 8.60. The molecule has 0 atom stereocenters. The summed E-state index contributed by atoms with van der Waals surface area (Å²) in [5.41, 5.74) is 4.71. The number of nitrogens with two attached hydrogens (primary N) is 1. The molecule has 0 rings (SSSR count). The Morgan fingerprint density at radius 2 is 1.83 bits per heavy atom. The van der Waals surface area contributed by atoms with Gasteiger partial charge in [0.1, 0.15) is 4.32 Å². The minimum absolute atomic E-state index is 0.194. The normalized spacial score (nSPS) is 5.00. The van der Waals surface area contributed by atoms with E-state index < -0.39 is 0 Å². The van der Waals surface area contributed by atoms with Crippen molar-refractivity contribution in [1.82, 2.24) is 0 Å². The number of hydrogen-bond acceptors (Lipinski definition) is 2. The number of thiocarbonyl (C=S) groups is 1. The van der Waals surface area contributed by atoms with Gasteiger partial charge in [-0.25, -0.2) is 0 Å². The molecule has 37 valence electrons. The molecular formula is CH4MoNOS2. The topological polar surface area (TPSA) is 46.2 Å². The van der Waals surface area contributed by atoms with E-state index in [0.29, 0.717) is 0 Å². The van der Waals surface area contributed by atoms with E-state index >= 15 is 0 Å². The van der Waals surface area contributed by atoms with Crippen molar-refractivity contribution in [2.45, 2.75) is 0 Å². The number of hydrogen-bond donors (Lipinski definition) is 3. The van der Waals surface area contributed by atoms with Crippen molar-refractivity contribution >= 4 is 29.2 Å². The zero-order chi connectivity index (χ0) is 5.58. The molecule has 2 nitrogen and oxygen atoms in total. The van der Waals surface area contributed by atoms with E-state index in [4.69, 9.17) is 9.49 Å². The molecule has 0 aromatic rings. The van der Waals surface area contributed by atoms with Crippen LogP contribution in [0.4, 0.5) is 0 Å². The molecule has 0 radical (unpaired) electrons. The second-order valence-electron chi connectivity index (χ2n) is 0.338. The van der Waals surface area contributed by atoms with Crippen LogP contribution in [0.5, 0.6) is 0 Å². The second-order valence-corrected chi connectivity index (χ2v) is 1.56. The van der Waals surface area contributed by atoms with Crippen LogP contribution in [0.2, 0.25) is 0 Å². The van der Waals surface area contributed by atoms with Crippen molar-refractivity contribution in [3.8, 4) is 0 Å². The van der Waals surface area contributed by atoms with Gasteiger partial charge in [-0.15, -0.1) is 12.6 Å². The Bertz CT molecular complexity index is 36.5. The summed E-state index contributed by atoms with van der Waals surface area (Å²) < 4.78 is 7.20. The van der Waals surface area contributed by atoms with Gasteiger partial charge >= 0.3 is 24.0 Å². The molecule has 0 aliphatic rings. The third-order valence-electron chi connectivity index (χ3n) is 0. The first kappa shape index (κ1) is 9.99. The van der Waals surface area contributed by atoms with Crippen LogP contribution >= 0.6 is 24.8 Å². The Kier molecular flexibility index (Phi) is 15.5. The van der Waals surface area contributed by atoms with Crippen LogP contribution in [0.25, 0.3) is 0 Å². The Morgan fingerprint density at radius 1 is 1.83 bits per heavy atom. The van der Waals surface area contributed by atoms with E-state index in [1.807, 2.05) is 0 Å². The van der Waals surface area contributed by atoms with Crippen LogP contribution < -0.4 is 5.73 Å². The van der Waals surface area contributed by atoms with Gasteiger partial charge in [0.25, 0.3) is 0 Å². The zero-order valence-corrected chi connectivity index (χ0v) is 6.51. The second kappa shape index (κ2) is 9.31. The summed E-state index contributed by atoms with van der Waals surface area (Å²) in [6.07, 6.45) is 0. The van der Waals surface area contributed by atoms with E-state index in [1.165, 1.54) is 0 Å². The molecule has 0 aromatic carbocycles. The predicted molar refractivity (Wildman–Crippen MR) is 28.0 cm³/mol. The average molecular weight is 206 g/mol. The number of thiol groups is 1. The van der Waals surface area contributed by atoms with Crippen LogP contribution in [0.15, 0.2) is 0 Å². The van der Waals surface area contributed by atoms with Crippen LogP contribution in [0.3, 0.4) is 0 Å². The summed E-state index contributed by atoms with van der Waals surface area (Å²) in [6, 6.07) is 0. The molecule has 0 heterocycles. The molecule has 0 fully saturated rings. The first-order chi connectivity index (χ1) is 2.73. The molecule has 0 saturated carbocycles. The fourth-order valence-corrected chi connectivity index (χ4v) is 0. The fraction of sp³-hybridized carbons (Fsp3) is 0. The number of rotatable bonds is 0. The van der Waals surface area contributed by atoms with Gasteiger partial charge in [-0.2, -0.15) is 0 Å². The van der Waals surface area contributed by atoms with E-state index in [2.05, 4.69) is 24.8 Å². The van der Waals surface area contributed by atoms with Crippen LogP contribution in [0.1, 0.15) is 0 Å². The molecule has 0 spiro atoms.